The van der Waals surface area contributed by atoms with Crippen LogP contribution in [0.1, 0.15) is 34.8 Å². The molecule has 1 amide bonds. The van der Waals surface area contributed by atoms with Crippen LogP contribution >= 0.6 is 0 Å². The molecule has 1 saturated heterocycles. The highest BCUT2D eigenvalue weighted by Crippen LogP contribution is 2.38. The Balaban J connectivity index is 1.42. The molecule has 1 fully saturated rings. The van der Waals surface area contributed by atoms with Crippen molar-refractivity contribution < 1.29 is 19.0 Å². The van der Waals surface area contributed by atoms with Crippen molar-refractivity contribution in [3.63, 3.8) is 0 Å². The van der Waals surface area contributed by atoms with Crippen molar-refractivity contribution in [2.45, 2.75) is 19.9 Å². The van der Waals surface area contributed by atoms with Gasteiger partial charge < -0.3 is 24.0 Å². The van der Waals surface area contributed by atoms with Gasteiger partial charge in [0.25, 0.3) is 5.91 Å². The first-order valence-corrected chi connectivity index (χ1v) is 14.3. The number of hydrogen-bond acceptors (Lipinski definition) is 6. The average Bonchev–Trinajstić information content (AvgIpc) is 3.01. The standard InChI is InChI=1S/C34H43N3O4/c1-27(22-28-12-7-5-8-13-28)25-37(34(38)30-23-31(39-2)33(41-4)32(24-30)40-3)17-11-16-35-18-20-36(21-19-35)26-29-14-9-6-10-15-29/h5-10,12-15,22-24H,11,16-21,25-26H2,1-4H3/b27-22-. The molecule has 0 saturated carbocycles. The minimum Gasteiger partial charge on any atom is -0.493 e. The maximum absolute atomic E-state index is 13.9. The monoisotopic (exact) mass is 557 g/mol. The Bertz CT molecular complexity index is 1250. The SMILES string of the molecule is COc1cc(C(=O)N(CCCN2CCN(Cc3ccccc3)CC2)C/C(C)=C\c2ccccc2)cc(OC)c1OC. The van der Waals surface area contributed by atoms with Gasteiger partial charge in [-0.1, -0.05) is 72.3 Å². The number of ether oxygens (including phenoxy) is 3. The predicted molar refractivity (Wildman–Crippen MR) is 165 cm³/mol. The van der Waals surface area contributed by atoms with E-state index in [4.69, 9.17) is 14.2 Å². The zero-order valence-corrected chi connectivity index (χ0v) is 24.8. The summed E-state index contributed by atoms with van der Waals surface area (Å²) in [4.78, 5) is 20.9. The highest BCUT2D eigenvalue weighted by atomic mass is 16.5. The van der Waals surface area contributed by atoms with Crippen LogP contribution in [0.3, 0.4) is 0 Å². The minimum absolute atomic E-state index is 0.0576. The molecule has 7 nitrogen and oxygen atoms in total. The van der Waals surface area contributed by atoms with Crippen LogP contribution in [0, 0.1) is 0 Å². The zero-order chi connectivity index (χ0) is 29.0. The molecule has 4 rings (SSSR count). The summed E-state index contributed by atoms with van der Waals surface area (Å²) in [5.74, 6) is 1.36. The van der Waals surface area contributed by atoms with E-state index in [2.05, 4.69) is 65.3 Å². The Morgan fingerprint density at radius 1 is 0.829 bits per heavy atom. The molecule has 218 valence electrons. The van der Waals surface area contributed by atoms with Gasteiger partial charge in [0.05, 0.1) is 21.3 Å². The highest BCUT2D eigenvalue weighted by Gasteiger charge is 2.22. The minimum atomic E-state index is -0.0576. The summed E-state index contributed by atoms with van der Waals surface area (Å²) in [7, 11) is 4.69. The van der Waals surface area contributed by atoms with Gasteiger partial charge in [0, 0.05) is 51.4 Å². The van der Waals surface area contributed by atoms with E-state index in [-0.39, 0.29) is 5.91 Å². The van der Waals surface area contributed by atoms with E-state index < -0.39 is 0 Å². The molecule has 0 N–H and O–H groups in total. The summed E-state index contributed by atoms with van der Waals surface area (Å²) in [5, 5.41) is 0. The third-order valence-corrected chi connectivity index (χ3v) is 7.47. The van der Waals surface area contributed by atoms with E-state index in [1.54, 1.807) is 33.5 Å². The molecule has 0 unspecified atom stereocenters. The van der Waals surface area contributed by atoms with Crippen molar-refractivity contribution in [1.82, 2.24) is 14.7 Å². The van der Waals surface area contributed by atoms with Crippen molar-refractivity contribution in [2.24, 2.45) is 0 Å². The number of carbonyl (C=O) groups excluding carboxylic acids is 1. The van der Waals surface area contributed by atoms with Gasteiger partial charge in [-0.05, 0) is 43.1 Å². The molecular weight excluding hydrogens is 514 g/mol. The lowest BCUT2D eigenvalue weighted by Crippen LogP contribution is -2.46. The number of amides is 1. The molecule has 0 radical (unpaired) electrons. The summed E-state index contributed by atoms with van der Waals surface area (Å²) in [6.45, 7) is 9.42. The topological polar surface area (TPSA) is 54.5 Å². The van der Waals surface area contributed by atoms with Gasteiger partial charge in [-0.25, -0.2) is 0 Å². The van der Waals surface area contributed by atoms with Crippen LogP contribution < -0.4 is 14.2 Å². The molecule has 41 heavy (non-hydrogen) atoms. The zero-order valence-electron chi connectivity index (χ0n) is 24.8. The Kier molecular flexibility index (Phi) is 11.2. The van der Waals surface area contributed by atoms with Crippen LogP contribution in [-0.2, 0) is 6.54 Å². The van der Waals surface area contributed by atoms with Crippen molar-refractivity contribution in [1.29, 1.82) is 0 Å². The summed E-state index contributed by atoms with van der Waals surface area (Å²) in [5.41, 5.74) is 4.12. The second kappa shape index (κ2) is 15.3. The molecule has 3 aromatic rings. The van der Waals surface area contributed by atoms with Crippen molar-refractivity contribution in [3.05, 3.63) is 95.1 Å². The van der Waals surface area contributed by atoms with Gasteiger partial charge in [-0.2, -0.15) is 0 Å². The molecule has 0 aromatic heterocycles. The molecule has 1 aliphatic rings. The normalized spacial score (nSPS) is 14.5. The molecule has 0 spiro atoms. The van der Waals surface area contributed by atoms with Crippen LogP contribution in [0.25, 0.3) is 6.08 Å². The van der Waals surface area contributed by atoms with E-state index in [1.165, 1.54) is 5.56 Å². The lowest BCUT2D eigenvalue weighted by molar-refractivity contribution is 0.0752. The molecule has 0 bridgehead atoms. The van der Waals surface area contributed by atoms with E-state index in [9.17, 15) is 4.79 Å². The Hall–Kier alpha value is -3.81. The second-order valence-corrected chi connectivity index (χ2v) is 10.5. The Labute approximate surface area is 244 Å². The van der Waals surface area contributed by atoms with Crippen molar-refractivity contribution >= 4 is 12.0 Å². The number of benzene rings is 3. The number of hydrogen-bond donors (Lipinski definition) is 0. The molecule has 0 atom stereocenters. The molecule has 1 heterocycles. The Morgan fingerprint density at radius 2 is 1.41 bits per heavy atom. The summed E-state index contributed by atoms with van der Waals surface area (Å²) in [6, 6.07) is 24.3. The highest BCUT2D eigenvalue weighted by molar-refractivity contribution is 5.96. The molecule has 3 aromatic carbocycles. The smallest absolute Gasteiger partial charge is 0.254 e. The van der Waals surface area contributed by atoms with Gasteiger partial charge in [-0.15, -0.1) is 0 Å². The van der Waals surface area contributed by atoms with Crippen LogP contribution in [0.2, 0.25) is 0 Å². The maximum atomic E-state index is 13.9. The van der Waals surface area contributed by atoms with Crippen molar-refractivity contribution in [3.8, 4) is 17.2 Å². The fourth-order valence-corrected chi connectivity index (χ4v) is 5.32. The fourth-order valence-electron chi connectivity index (χ4n) is 5.32. The van der Waals surface area contributed by atoms with Gasteiger partial charge in [-0.3, -0.25) is 9.69 Å². The van der Waals surface area contributed by atoms with E-state index in [0.29, 0.717) is 35.9 Å². The number of methoxy groups -OCH3 is 3. The van der Waals surface area contributed by atoms with Gasteiger partial charge >= 0.3 is 0 Å². The molecule has 0 aliphatic carbocycles. The maximum Gasteiger partial charge on any atom is 0.254 e. The number of nitrogens with zero attached hydrogens (tertiary/aromatic N) is 3. The summed E-state index contributed by atoms with van der Waals surface area (Å²) < 4.78 is 16.5. The number of carbonyl (C=O) groups is 1. The molecular formula is C34H43N3O4. The fraction of sp³-hybridized carbons (Fsp3) is 0.382. The van der Waals surface area contributed by atoms with E-state index in [0.717, 1.165) is 56.8 Å². The van der Waals surface area contributed by atoms with Crippen LogP contribution in [0.15, 0.2) is 78.4 Å². The van der Waals surface area contributed by atoms with Crippen molar-refractivity contribution in [2.75, 3.05) is 67.1 Å². The van der Waals surface area contributed by atoms with Crippen LogP contribution in [-0.4, -0.2) is 87.7 Å². The lowest BCUT2D eigenvalue weighted by atomic mass is 10.1. The third-order valence-electron chi connectivity index (χ3n) is 7.47. The third kappa shape index (κ3) is 8.59. The Morgan fingerprint density at radius 3 is 2.00 bits per heavy atom. The summed E-state index contributed by atoms with van der Waals surface area (Å²) in [6.07, 6.45) is 3.04. The number of piperazine rings is 1. The van der Waals surface area contributed by atoms with E-state index in [1.807, 2.05) is 23.1 Å². The quantitative estimate of drug-likeness (QED) is 0.278. The van der Waals surface area contributed by atoms with Gasteiger partial charge in [0.15, 0.2) is 11.5 Å². The van der Waals surface area contributed by atoms with Crippen LogP contribution in [0.5, 0.6) is 17.2 Å². The first kappa shape index (κ1) is 30.2. The first-order chi connectivity index (χ1) is 20.0. The van der Waals surface area contributed by atoms with Crippen LogP contribution in [0.4, 0.5) is 0 Å². The first-order valence-electron chi connectivity index (χ1n) is 14.3. The largest absolute Gasteiger partial charge is 0.493 e. The molecule has 1 aliphatic heterocycles. The number of rotatable bonds is 13. The van der Waals surface area contributed by atoms with E-state index >= 15 is 0 Å². The average molecular weight is 558 g/mol. The summed E-state index contributed by atoms with van der Waals surface area (Å²) >= 11 is 0. The molecule has 7 heteroatoms. The van der Waals surface area contributed by atoms with Gasteiger partial charge in [0.1, 0.15) is 0 Å². The lowest BCUT2D eigenvalue weighted by Gasteiger charge is -2.35. The second-order valence-electron chi connectivity index (χ2n) is 10.5. The van der Waals surface area contributed by atoms with Gasteiger partial charge in [0.2, 0.25) is 5.75 Å². The predicted octanol–water partition coefficient (Wildman–Crippen LogP) is 5.47.